The number of carbonyl (C=O) groups excluding carboxylic acids is 1. The molecular formula is C31H45N7O5. The van der Waals surface area contributed by atoms with Crippen LogP contribution in [-0.4, -0.2) is 71.5 Å². The highest BCUT2D eigenvalue weighted by Gasteiger charge is 2.17. The fourth-order valence-electron chi connectivity index (χ4n) is 5.17. The number of nitrogens with one attached hydrogen (secondary N) is 1. The number of fused-ring (bicyclic) bond motifs is 1. The molecule has 0 saturated carbocycles. The number of aromatic nitrogens is 3. The Morgan fingerprint density at radius 3 is 2.56 bits per heavy atom. The lowest BCUT2D eigenvalue weighted by molar-refractivity contribution is -0.137. The van der Waals surface area contributed by atoms with Crippen LogP contribution >= 0.6 is 0 Å². The minimum Gasteiger partial charge on any atom is -0.481 e. The Morgan fingerprint density at radius 1 is 1.00 bits per heavy atom. The molecule has 2 aromatic rings. The Hall–Kier alpha value is -3.60. The number of carboxylic acids is 1. The molecule has 43 heavy (non-hydrogen) atoms. The van der Waals surface area contributed by atoms with Crippen LogP contribution in [0.1, 0.15) is 92.0 Å². The predicted octanol–water partition coefficient (Wildman–Crippen LogP) is 4.89. The lowest BCUT2D eigenvalue weighted by Gasteiger charge is -2.16. The van der Waals surface area contributed by atoms with Crippen LogP contribution in [0.5, 0.6) is 0 Å². The number of aliphatic carboxylic acids is 1. The van der Waals surface area contributed by atoms with Gasteiger partial charge in [-0.2, -0.15) is 0 Å². The maximum Gasteiger partial charge on any atom is 0.303 e. The molecule has 0 spiro atoms. The van der Waals surface area contributed by atoms with Gasteiger partial charge < -0.3 is 19.9 Å². The van der Waals surface area contributed by atoms with Crippen LogP contribution in [0.4, 0.5) is 0 Å². The standard InChI is InChI=1S/C31H45N7O5/c32-38-36-16-18-43-20-19-42-17-15-33-30(39)14-13-29-34-22-26(23-35-29)25(21-31(40)41)8-3-1-2-4-9-27-12-11-24-7-5-6-10-28(24)37-27/h11-12,22-23,25H,1-10,13-21H2,(H,33,39)(H,40,41)/t25-/m0/s1. The molecule has 1 aliphatic rings. The van der Waals surface area contributed by atoms with Crippen molar-refractivity contribution in [2.75, 3.05) is 39.5 Å². The summed E-state index contributed by atoms with van der Waals surface area (Å²) in [7, 11) is 0. The third-order valence-corrected chi connectivity index (χ3v) is 7.50. The number of unbranched alkanes of at least 4 members (excludes halogenated alkanes) is 3. The van der Waals surface area contributed by atoms with E-state index in [1.165, 1.54) is 29.8 Å². The van der Waals surface area contributed by atoms with Gasteiger partial charge in [0.25, 0.3) is 0 Å². The Kier molecular flexibility index (Phi) is 16.0. The lowest BCUT2D eigenvalue weighted by Crippen LogP contribution is -2.28. The quantitative estimate of drug-likeness (QED) is 0.0837. The molecule has 1 amide bonds. The summed E-state index contributed by atoms with van der Waals surface area (Å²) in [5.74, 6) is -0.523. The molecule has 0 radical (unpaired) electrons. The van der Waals surface area contributed by atoms with E-state index in [1.807, 2.05) is 0 Å². The van der Waals surface area contributed by atoms with Crippen LogP contribution in [0.2, 0.25) is 0 Å². The molecule has 0 bridgehead atoms. The first kappa shape index (κ1) is 33.9. The van der Waals surface area contributed by atoms with Crippen molar-refractivity contribution in [3.63, 3.8) is 0 Å². The predicted molar refractivity (Wildman–Crippen MR) is 162 cm³/mol. The Labute approximate surface area is 253 Å². The highest BCUT2D eigenvalue weighted by Crippen LogP contribution is 2.26. The van der Waals surface area contributed by atoms with Crippen LogP contribution in [-0.2, 0) is 44.7 Å². The third kappa shape index (κ3) is 13.9. The molecule has 12 nitrogen and oxygen atoms in total. The molecule has 234 valence electrons. The number of hydrogen-bond donors (Lipinski definition) is 2. The summed E-state index contributed by atoms with van der Waals surface area (Å²) in [5, 5.41) is 15.6. The van der Waals surface area contributed by atoms with Crippen molar-refractivity contribution < 1.29 is 24.2 Å². The van der Waals surface area contributed by atoms with Gasteiger partial charge in [-0.05, 0) is 73.6 Å². The summed E-state index contributed by atoms with van der Waals surface area (Å²) < 4.78 is 10.6. The van der Waals surface area contributed by atoms with Gasteiger partial charge in [-0.15, -0.1) is 0 Å². The number of pyridine rings is 1. The number of hydrogen-bond acceptors (Lipinski definition) is 8. The molecule has 2 heterocycles. The number of nitrogens with zero attached hydrogens (tertiary/aromatic N) is 6. The largest absolute Gasteiger partial charge is 0.481 e. The number of azide groups is 1. The molecular weight excluding hydrogens is 550 g/mol. The van der Waals surface area contributed by atoms with Gasteiger partial charge in [0.1, 0.15) is 5.82 Å². The summed E-state index contributed by atoms with van der Waals surface area (Å²) in [6.45, 7) is 2.18. The second-order valence-corrected chi connectivity index (χ2v) is 10.8. The molecule has 3 rings (SSSR count). The lowest BCUT2D eigenvalue weighted by atomic mass is 9.92. The van der Waals surface area contributed by atoms with E-state index in [-0.39, 0.29) is 31.2 Å². The summed E-state index contributed by atoms with van der Waals surface area (Å²) in [6, 6.07) is 4.43. The van der Waals surface area contributed by atoms with Crippen LogP contribution in [0.15, 0.2) is 29.6 Å². The van der Waals surface area contributed by atoms with Crippen molar-refractivity contribution in [2.24, 2.45) is 5.11 Å². The SMILES string of the molecule is [N-]=[N+]=NCCOCCOCCNC(=O)CCc1ncc([C@@H](CCCCCCc2ccc3c(n2)CCCC3)CC(=O)O)cn1. The van der Waals surface area contributed by atoms with E-state index in [1.54, 1.807) is 12.4 Å². The van der Waals surface area contributed by atoms with Gasteiger partial charge in [0.2, 0.25) is 5.91 Å². The van der Waals surface area contributed by atoms with Crippen LogP contribution in [0.25, 0.3) is 10.4 Å². The summed E-state index contributed by atoms with van der Waals surface area (Å²) >= 11 is 0. The average molecular weight is 596 g/mol. The normalized spacial score (nSPS) is 13.1. The molecule has 2 aromatic heterocycles. The first-order chi connectivity index (χ1) is 21.0. The molecule has 2 N–H and O–H groups in total. The minimum atomic E-state index is -0.828. The molecule has 12 heteroatoms. The van der Waals surface area contributed by atoms with Crippen LogP contribution < -0.4 is 5.32 Å². The number of carboxylic acid groups (broad SMARTS) is 1. The molecule has 1 aliphatic carbocycles. The first-order valence-electron chi connectivity index (χ1n) is 15.5. The number of carbonyl (C=O) groups is 2. The van der Waals surface area contributed by atoms with Crippen LogP contribution in [0.3, 0.4) is 0 Å². The molecule has 0 fully saturated rings. The summed E-state index contributed by atoms with van der Waals surface area (Å²) in [5.41, 5.74) is 12.9. The fraction of sp³-hybridized carbons (Fsp3) is 0.645. The molecule has 0 unspecified atom stereocenters. The maximum absolute atomic E-state index is 12.1. The third-order valence-electron chi connectivity index (χ3n) is 7.50. The van der Waals surface area contributed by atoms with Gasteiger partial charge in [0, 0.05) is 54.6 Å². The van der Waals surface area contributed by atoms with Gasteiger partial charge in [-0.1, -0.05) is 30.4 Å². The van der Waals surface area contributed by atoms with Crippen molar-refractivity contribution in [3.05, 3.63) is 63.3 Å². The van der Waals surface area contributed by atoms with Gasteiger partial charge in [0.15, 0.2) is 0 Å². The smallest absolute Gasteiger partial charge is 0.303 e. The van der Waals surface area contributed by atoms with E-state index in [9.17, 15) is 14.7 Å². The van der Waals surface area contributed by atoms with Crippen molar-refractivity contribution in [3.8, 4) is 0 Å². The Bertz CT molecular complexity index is 1170. The highest BCUT2D eigenvalue weighted by molar-refractivity contribution is 5.76. The number of ether oxygens (including phenoxy) is 2. The van der Waals surface area contributed by atoms with E-state index < -0.39 is 5.97 Å². The fourth-order valence-corrected chi connectivity index (χ4v) is 5.17. The van der Waals surface area contributed by atoms with Crippen molar-refractivity contribution in [1.29, 1.82) is 0 Å². The number of amides is 1. The molecule has 0 aliphatic heterocycles. The van der Waals surface area contributed by atoms with Crippen molar-refractivity contribution in [2.45, 2.75) is 89.4 Å². The molecule has 0 saturated heterocycles. The van der Waals surface area contributed by atoms with Crippen LogP contribution in [0, 0.1) is 0 Å². The summed E-state index contributed by atoms with van der Waals surface area (Å²) in [4.78, 5) is 40.0. The second kappa shape index (κ2) is 20.3. The van der Waals surface area contributed by atoms with Crippen molar-refractivity contribution >= 4 is 11.9 Å². The van der Waals surface area contributed by atoms with Gasteiger partial charge in [0.05, 0.1) is 32.8 Å². The van der Waals surface area contributed by atoms with E-state index in [0.29, 0.717) is 45.2 Å². The first-order valence-corrected chi connectivity index (χ1v) is 15.5. The zero-order chi connectivity index (χ0) is 30.5. The van der Waals surface area contributed by atoms with E-state index in [2.05, 4.69) is 37.4 Å². The van der Waals surface area contributed by atoms with E-state index in [4.69, 9.17) is 20.0 Å². The highest BCUT2D eigenvalue weighted by atomic mass is 16.5. The minimum absolute atomic E-state index is 0.0497. The van der Waals surface area contributed by atoms with Crippen molar-refractivity contribution in [1.82, 2.24) is 20.3 Å². The summed E-state index contributed by atoms with van der Waals surface area (Å²) in [6.07, 6.45) is 14.8. The Morgan fingerprint density at radius 2 is 1.77 bits per heavy atom. The zero-order valence-electron chi connectivity index (χ0n) is 25.1. The topological polar surface area (TPSA) is 172 Å². The van der Waals surface area contributed by atoms with Gasteiger partial charge in [-0.3, -0.25) is 14.6 Å². The monoisotopic (exact) mass is 595 g/mol. The second-order valence-electron chi connectivity index (χ2n) is 10.8. The maximum atomic E-state index is 12.1. The van der Waals surface area contributed by atoms with E-state index in [0.717, 1.165) is 56.9 Å². The van der Waals surface area contributed by atoms with Gasteiger partial charge >= 0.3 is 5.97 Å². The molecule has 0 aromatic carbocycles. The number of aryl methyl sites for hydroxylation is 4. The molecule has 1 atom stereocenters. The Balaban J connectivity index is 1.29. The van der Waals surface area contributed by atoms with E-state index >= 15 is 0 Å². The number of rotatable bonds is 22. The van der Waals surface area contributed by atoms with Gasteiger partial charge in [-0.25, -0.2) is 9.97 Å². The average Bonchev–Trinajstić information content (AvgIpc) is 3.02. The zero-order valence-corrected chi connectivity index (χ0v) is 25.1.